The molecular weight excluding hydrogens is 466 g/mol. The van der Waals surface area contributed by atoms with Gasteiger partial charge < -0.3 is 9.47 Å². The van der Waals surface area contributed by atoms with Crippen LogP contribution in [-0.2, 0) is 11.8 Å². The first-order valence-electron chi connectivity index (χ1n) is 10.5. The summed E-state index contributed by atoms with van der Waals surface area (Å²) in [4.78, 5) is 17.2. The van der Waals surface area contributed by atoms with Crippen LogP contribution in [0.25, 0.3) is 22.4 Å². The van der Waals surface area contributed by atoms with Crippen LogP contribution in [0.4, 0.5) is 5.88 Å². The van der Waals surface area contributed by atoms with Crippen molar-refractivity contribution in [3.8, 4) is 40.0 Å². The zero-order valence-corrected chi connectivity index (χ0v) is 20.1. The van der Waals surface area contributed by atoms with Gasteiger partial charge in [0.05, 0.1) is 31.2 Å². The van der Waals surface area contributed by atoms with Gasteiger partial charge in [-0.15, -0.1) is 0 Å². The second-order valence-corrected chi connectivity index (χ2v) is 8.29. The van der Waals surface area contributed by atoms with Gasteiger partial charge in [-0.1, -0.05) is 58.9 Å². The predicted molar refractivity (Wildman–Crippen MR) is 130 cm³/mol. The van der Waals surface area contributed by atoms with Crippen molar-refractivity contribution in [1.82, 2.24) is 10.3 Å². The van der Waals surface area contributed by atoms with Gasteiger partial charge in [0.25, 0.3) is 6.20 Å². The highest BCUT2D eigenvalue weighted by Crippen LogP contribution is 2.42. The zero-order chi connectivity index (χ0) is 24.8. The summed E-state index contributed by atoms with van der Waals surface area (Å²) in [5.41, 5.74) is 3.18. The van der Waals surface area contributed by atoms with Gasteiger partial charge in [-0.3, -0.25) is 14.6 Å². The number of aromatic nitrogens is 3. The number of methoxy groups -OCH3 is 2. The molecule has 4 aromatic rings. The number of aryl methyl sites for hydroxylation is 1. The van der Waals surface area contributed by atoms with Crippen molar-refractivity contribution in [3.63, 3.8) is 0 Å². The van der Waals surface area contributed by atoms with E-state index in [1.54, 1.807) is 33.5 Å². The molecule has 0 saturated carbocycles. The lowest BCUT2D eigenvalue weighted by molar-refractivity contribution is -0.739. The molecule has 0 aliphatic carbocycles. The van der Waals surface area contributed by atoms with Gasteiger partial charge >= 0.3 is 5.88 Å². The number of carbonyl (C=O) groups is 1. The SMILES string of the molecule is COc1cccc(-c2cc(-c3ccccc3)nc(SCC(=O)Nc3c[n+](C)no3)c2C#N)c1OC. The third-order valence-electron chi connectivity index (χ3n) is 5.04. The number of nitriles is 1. The van der Waals surface area contributed by atoms with E-state index in [1.807, 2.05) is 48.5 Å². The Labute approximate surface area is 206 Å². The Morgan fingerprint density at radius 1 is 1.14 bits per heavy atom. The number of ether oxygens (including phenoxy) is 2. The summed E-state index contributed by atoms with van der Waals surface area (Å²) in [7, 11) is 4.79. The quantitative estimate of drug-likeness (QED) is 0.294. The van der Waals surface area contributed by atoms with Gasteiger partial charge in [0.15, 0.2) is 23.8 Å². The standard InChI is InChI=1S/C25H21N5O4S/c1-30-14-23(34-29-30)28-22(31)15-35-25-19(13-26)18(12-20(27-25)16-8-5-4-6-9-16)17-10-7-11-21(32-2)24(17)33-3/h4-12,14H,15H2,1-3H3/p+1. The summed E-state index contributed by atoms with van der Waals surface area (Å²) >= 11 is 1.16. The normalized spacial score (nSPS) is 10.5. The number of rotatable bonds is 8. The van der Waals surface area contributed by atoms with E-state index in [9.17, 15) is 10.1 Å². The maximum absolute atomic E-state index is 12.5. The zero-order valence-electron chi connectivity index (χ0n) is 19.3. The fourth-order valence-electron chi connectivity index (χ4n) is 3.49. The predicted octanol–water partition coefficient (Wildman–Crippen LogP) is 3.85. The molecule has 10 heteroatoms. The van der Waals surface area contributed by atoms with E-state index in [4.69, 9.17) is 19.0 Å². The third kappa shape index (κ3) is 5.26. The Bertz CT molecular complexity index is 1400. The summed E-state index contributed by atoms with van der Waals surface area (Å²) < 4.78 is 17.5. The summed E-state index contributed by atoms with van der Waals surface area (Å²) in [5.74, 6) is 0.970. The molecule has 0 radical (unpaired) electrons. The van der Waals surface area contributed by atoms with Crippen molar-refractivity contribution in [1.29, 1.82) is 5.26 Å². The molecule has 2 aromatic carbocycles. The van der Waals surface area contributed by atoms with E-state index < -0.39 is 0 Å². The molecule has 0 aliphatic heterocycles. The summed E-state index contributed by atoms with van der Waals surface area (Å²) in [6.07, 6.45) is 1.55. The van der Waals surface area contributed by atoms with E-state index >= 15 is 0 Å². The highest BCUT2D eigenvalue weighted by molar-refractivity contribution is 8.00. The molecule has 4 rings (SSSR count). The number of amides is 1. The summed E-state index contributed by atoms with van der Waals surface area (Å²) in [6.45, 7) is 0. The van der Waals surface area contributed by atoms with E-state index in [0.717, 1.165) is 17.3 Å². The second kappa shape index (κ2) is 10.7. The van der Waals surface area contributed by atoms with Gasteiger partial charge in [-0.25, -0.2) is 4.98 Å². The minimum atomic E-state index is -0.317. The molecule has 0 fully saturated rings. The van der Waals surface area contributed by atoms with E-state index in [0.29, 0.717) is 38.9 Å². The fraction of sp³-hybridized carbons (Fsp3) is 0.160. The molecule has 9 nitrogen and oxygen atoms in total. The van der Waals surface area contributed by atoms with Crippen LogP contribution in [0.1, 0.15) is 5.56 Å². The van der Waals surface area contributed by atoms with Crippen LogP contribution in [0.3, 0.4) is 0 Å². The van der Waals surface area contributed by atoms with Crippen molar-refractivity contribution < 1.29 is 23.5 Å². The highest BCUT2D eigenvalue weighted by atomic mass is 32.2. The summed E-state index contributed by atoms with van der Waals surface area (Å²) in [6, 6.07) is 19.2. The van der Waals surface area contributed by atoms with Gasteiger partial charge in [-0.05, 0) is 12.1 Å². The number of nitrogens with one attached hydrogen (secondary N) is 1. The van der Waals surface area contributed by atoms with Crippen molar-refractivity contribution in [2.45, 2.75) is 5.03 Å². The monoisotopic (exact) mass is 488 g/mol. The van der Waals surface area contributed by atoms with Crippen LogP contribution < -0.4 is 19.5 Å². The molecule has 0 aliphatic rings. The molecule has 35 heavy (non-hydrogen) atoms. The molecule has 0 atom stereocenters. The van der Waals surface area contributed by atoms with Crippen molar-refractivity contribution >= 4 is 23.6 Å². The van der Waals surface area contributed by atoms with Crippen LogP contribution in [-0.4, -0.2) is 36.1 Å². The molecule has 0 saturated heterocycles. The number of thioether (sulfide) groups is 1. The number of hydrogen-bond acceptors (Lipinski definition) is 8. The van der Waals surface area contributed by atoms with Crippen LogP contribution in [0, 0.1) is 11.3 Å². The molecule has 0 unspecified atom stereocenters. The van der Waals surface area contributed by atoms with E-state index in [-0.39, 0.29) is 17.5 Å². The molecular formula is C25H22N5O4S+. The maximum atomic E-state index is 12.5. The Hall–Kier alpha value is -4.36. The second-order valence-electron chi connectivity index (χ2n) is 7.33. The van der Waals surface area contributed by atoms with Crippen LogP contribution in [0.15, 0.2) is 70.3 Å². The van der Waals surface area contributed by atoms with Crippen molar-refractivity contribution in [3.05, 3.63) is 66.4 Å². The smallest absolute Gasteiger partial charge is 0.302 e. The lowest BCUT2D eigenvalue weighted by Crippen LogP contribution is -2.28. The molecule has 0 spiro atoms. The molecule has 1 amide bonds. The number of carbonyl (C=O) groups excluding carboxylic acids is 1. The van der Waals surface area contributed by atoms with Crippen LogP contribution in [0.2, 0.25) is 0 Å². The number of anilines is 1. The van der Waals surface area contributed by atoms with E-state index in [1.165, 1.54) is 4.68 Å². The Kier molecular flexibility index (Phi) is 7.28. The molecule has 1 N–H and O–H groups in total. The average molecular weight is 489 g/mol. The number of nitrogens with zero attached hydrogens (tertiary/aromatic N) is 4. The van der Waals surface area contributed by atoms with Gasteiger partial charge in [0.1, 0.15) is 11.1 Å². The highest BCUT2D eigenvalue weighted by Gasteiger charge is 2.21. The van der Waals surface area contributed by atoms with Gasteiger partial charge in [0.2, 0.25) is 5.91 Å². The summed E-state index contributed by atoms with van der Waals surface area (Å²) in [5, 5.41) is 16.9. The van der Waals surface area contributed by atoms with Gasteiger partial charge in [-0.2, -0.15) is 5.26 Å². The van der Waals surface area contributed by atoms with E-state index in [2.05, 4.69) is 16.7 Å². The van der Waals surface area contributed by atoms with Crippen LogP contribution in [0.5, 0.6) is 11.5 Å². The Morgan fingerprint density at radius 3 is 2.60 bits per heavy atom. The first kappa shape index (κ1) is 23.8. The first-order chi connectivity index (χ1) is 17.0. The van der Waals surface area contributed by atoms with Crippen molar-refractivity contribution in [2.24, 2.45) is 7.05 Å². The minimum absolute atomic E-state index is 0.0129. The molecule has 0 bridgehead atoms. The number of benzene rings is 2. The lowest BCUT2D eigenvalue weighted by atomic mass is 9.98. The maximum Gasteiger partial charge on any atom is 0.302 e. The molecule has 2 heterocycles. The minimum Gasteiger partial charge on any atom is -0.493 e. The lowest BCUT2D eigenvalue weighted by Gasteiger charge is -2.16. The number of hydrogen-bond donors (Lipinski definition) is 1. The third-order valence-corrected chi connectivity index (χ3v) is 6.01. The molecule has 2 aromatic heterocycles. The number of para-hydroxylation sites is 1. The number of pyridine rings is 1. The molecule has 176 valence electrons. The van der Waals surface area contributed by atoms with Gasteiger partial charge in [0, 0.05) is 16.7 Å². The van der Waals surface area contributed by atoms with Crippen molar-refractivity contribution in [2.75, 3.05) is 25.3 Å². The largest absolute Gasteiger partial charge is 0.493 e. The first-order valence-corrected chi connectivity index (χ1v) is 11.5. The Morgan fingerprint density at radius 2 is 1.94 bits per heavy atom. The average Bonchev–Trinajstić information content (AvgIpc) is 3.30. The van der Waals surface area contributed by atoms with Crippen LogP contribution >= 0.6 is 11.8 Å². The Balaban J connectivity index is 1.77. The topological polar surface area (TPSA) is 114 Å². The fourth-order valence-corrected chi connectivity index (χ4v) is 4.29.